The molecule has 7 nitrogen and oxygen atoms in total. The third-order valence-electron chi connectivity index (χ3n) is 3.64. The molecule has 0 aliphatic carbocycles. The number of anilines is 2. The van der Waals surface area contributed by atoms with Crippen molar-refractivity contribution >= 4 is 11.9 Å². The van der Waals surface area contributed by atoms with Crippen LogP contribution in [0.1, 0.15) is 19.8 Å². The van der Waals surface area contributed by atoms with Gasteiger partial charge in [-0.15, -0.1) is 0 Å². The van der Waals surface area contributed by atoms with E-state index in [0.29, 0.717) is 11.9 Å². The van der Waals surface area contributed by atoms with E-state index >= 15 is 0 Å². The summed E-state index contributed by atoms with van der Waals surface area (Å²) in [6.45, 7) is 4.29. The number of nitrogens with one attached hydrogen (secondary N) is 1. The van der Waals surface area contributed by atoms with E-state index < -0.39 is 0 Å². The molecule has 1 saturated heterocycles. The number of hydrogen-bond donors (Lipinski definition) is 1. The standard InChI is InChI=1S/C13H19N7/c1-10-3-6-19(7-4-10)12-16-11(14-2)17-13(18-12)20-8-5-15-9-20/h5,8-10H,3-4,6-7H2,1-2H3,(H,14,16,17,18). The summed E-state index contributed by atoms with van der Waals surface area (Å²) in [7, 11) is 1.81. The molecule has 0 unspecified atom stereocenters. The first-order valence-electron chi connectivity index (χ1n) is 6.93. The van der Waals surface area contributed by atoms with Crippen LogP contribution in [-0.4, -0.2) is 44.6 Å². The maximum Gasteiger partial charge on any atom is 0.241 e. The van der Waals surface area contributed by atoms with Gasteiger partial charge in [-0.1, -0.05) is 6.92 Å². The van der Waals surface area contributed by atoms with E-state index in [0.717, 1.165) is 25.0 Å². The summed E-state index contributed by atoms with van der Waals surface area (Å²) >= 11 is 0. The third kappa shape index (κ3) is 2.56. The van der Waals surface area contributed by atoms with Gasteiger partial charge in [-0.3, -0.25) is 4.57 Å². The van der Waals surface area contributed by atoms with E-state index in [1.807, 2.05) is 13.2 Å². The zero-order valence-corrected chi connectivity index (χ0v) is 11.8. The highest BCUT2D eigenvalue weighted by Crippen LogP contribution is 2.21. The lowest BCUT2D eigenvalue weighted by Crippen LogP contribution is -2.34. The Morgan fingerprint density at radius 2 is 1.90 bits per heavy atom. The molecule has 1 aliphatic heterocycles. The summed E-state index contributed by atoms with van der Waals surface area (Å²) in [5.74, 6) is 2.69. The first-order chi connectivity index (χ1) is 9.76. The van der Waals surface area contributed by atoms with Gasteiger partial charge in [0, 0.05) is 32.5 Å². The molecule has 1 aliphatic rings. The van der Waals surface area contributed by atoms with Gasteiger partial charge in [0.2, 0.25) is 17.8 Å². The van der Waals surface area contributed by atoms with E-state index in [1.54, 1.807) is 17.1 Å². The van der Waals surface area contributed by atoms with Gasteiger partial charge in [0.25, 0.3) is 0 Å². The van der Waals surface area contributed by atoms with Crippen molar-refractivity contribution in [1.82, 2.24) is 24.5 Å². The van der Waals surface area contributed by atoms with Crippen molar-refractivity contribution in [3.63, 3.8) is 0 Å². The lowest BCUT2D eigenvalue weighted by molar-refractivity contribution is 0.434. The molecule has 20 heavy (non-hydrogen) atoms. The van der Waals surface area contributed by atoms with Crippen LogP contribution in [0.4, 0.5) is 11.9 Å². The summed E-state index contributed by atoms with van der Waals surface area (Å²) in [5, 5.41) is 2.99. The van der Waals surface area contributed by atoms with E-state index in [9.17, 15) is 0 Å². The Labute approximate surface area is 118 Å². The number of imidazole rings is 1. The maximum absolute atomic E-state index is 4.56. The fraction of sp³-hybridized carbons (Fsp3) is 0.538. The van der Waals surface area contributed by atoms with E-state index in [4.69, 9.17) is 0 Å². The minimum absolute atomic E-state index is 0.581. The van der Waals surface area contributed by atoms with Crippen molar-refractivity contribution in [2.75, 3.05) is 30.4 Å². The van der Waals surface area contributed by atoms with Gasteiger partial charge in [0.1, 0.15) is 6.33 Å². The highest BCUT2D eigenvalue weighted by Gasteiger charge is 2.19. The van der Waals surface area contributed by atoms with Gasteiger partial charge < -0.3 is 10.2 Å². The topological polar surface area (TPSA) is 71.8 Å². The van der Waals surface area contributed by atoms with Crippen molar-refractivity contribution in [1.29, 1.82) is 0 Å². The summed E-state index contributed by atoms with van der Waals surface area (Å²) in [4.78, 5) is 19.7. The average Bonchev–Trinajstić information content (AvgIpc) is 3.02. The maximum atomic E-state index is 4.56. The molecule has 0 atom stereocenters. The Kier molecular flexibility index (Phi) is 3.49. The van der Waals surface area contributed by atoms with Crippen LogP contribution in [0.2, 0.25) is 0 Å². The molecule has 0 saturated carbocycles. The van der Waals surface area contributed by atoms with Crippen LogP contribution in [0, 0.1) is 5.92 Å². The molecular formula is C13H19N7. The molecule has 0 bridgehead atoms. The van der Waals surface area contributed by atoms with Crippen LogP contribution in [0.3, 0.4) is 0 Å². The fourth-order valence-corrected chi connectivity index (χ4v) is 2.31. The quantitative estimate of drug-likeness (QED) is 0.909. The Morgan fingerprint density at radius 3 is 2.55 bits per heavy atom. The molecule has 0 spiro atoms. The van der Waals surface area contributed by atoms with Gasteiger partial charge in [0.05, 0.1) is 0 Å². The Balaban J connectivity index is 1.92. The predicted molar refractivity (Wildman–Crippen MR) is 77.1 cm³/mol. The first-order valence-corrected chi connectivity index (χ1v) is 6.93. The van der Waals surface area contributed by atoms with E-state index in [-0.39, 0.29) is 0 Å². The predicted octanol–water partition coefficient (Wildman–Crippen LogP) is 1.34. The molecule has 2 aromatic rings. The Hall–Kier alpha value is -2.18. The van der Waals surface area contributed by atoms with Crippen LogP contribution in [-0.2, 0) is 0 Å². The monoisotopic (exact) mass is 273 g/mol. The molecule has 2 aromatic heterocycles. The minimum Gasteiger partial charge on any atom is -0.357 e. The van der Waals surface area contributed by atoms with Gasteiger partial charge >= 0.3 is 0 Å². The van der Waals surface area contributed by atoms with Crippen molar-refractivity contribution < 1.29 is 0 Å². The van der Waals surface area contributed by atoms with Crippen LogP contribution in [0.25, 0.3) is 5.95 Å². The Morgan fingerprint density at radius 1 is 1.15 bits per heavy atom. The summed E-state index contributed by atoms with van der Waals surface area (Å²) in [5.41, 5.74) is 0. The largest absolute Gasteiger partial charge is 0.357 e. The second-order valence-corrected chi connectivity index (χ2v) is 5.15. The smallest absolute Gasteiger partial charge is 0.241 e. The molecule has 0 radical (unpaired) electrons. The van der Waals surface area contributed by atoms with Crippen LogP contribution in [0.15, 0.2) is 18.7 Å². The minimum atomic E-state index is 0.581. The number of piperidine rings is 1. The normalized spacial score (nSPS) is 16.4. The lowest BCUT2D eigenvalue weighted by Gasteiger charge is -2.30. The van der Waals surface area contributed by atoms with Crippen LogP contribution < -0.4 is 10.2 Å². The molecule has 0 aromatic carbocycles. The highest BCUT2D eigenvalue weighted by atomic mass is 15.3. The molecule has 1 N–H and O–H groups in total. The SMILES string of the molecule is CNc1nc(N2CCC(C)CC2)nc(-n2ccnc2)n1. The second-order valence-electron chi connectivity index (χ2n) is 5.15. The zero-order valence-electron chi connectivity index (χ0n) is 11.8. The molecule has 106 valence electrons. The molecule has 3 rings (SSSR count). The number of hydrogen-bond acceptors (Lipinski definition) is 6. The van der Waals surface area contributed by atoms with E-state index in [2.05, 4.69) is 37.1 Å². The van der Waals surface area contributed by atoms with Gasteiger partial charge in [-0.2, -0.15) is 15.0 Å². The summed E-state index contributed by atoms with van der Waals surface area (Å²) < 4.78 is 1.79. The lowest BCUT2D eigenvalue weighted by atomic mass is 10.00. The molecular weight excluding hydrogens is 254 g/mol. The highest BCUT2D eigenvalue weighted by molar-refractivity contribution is 5.40. The van der Waals surface area contributed by atoms with Crippen LogP contribution >= 0.6 is 0 Å². The number of rotatable bonds is 3. The van der Waals surface area contributed by atoms with Gasteiger partial charge in [-0.05, 0) is 18.8 Å². The summed E-state index contributed by atoms with van der Waals surface area (Å²) in [6.07, 6.45) is 7.60. The fourth-order valence-electron chi connectivity index (χ4n) is 2.31. The molecule has 7 heteroatoms. The van der Waals surface area contributed by atoms with Crippen molar-refractivity contribution in [3.05, 3.63) is 18.7 Å². The summed E-state index contributed by atoms with van der Waals surface area (Å²) in [6, 6.07) is 0. The molecule has 0 amide bonds. The van der Waals surface area contributed by atoms with Gasteiger partial charge in [0.15, 0.2) is 0 Å². The van der Waals surface area contributed by atoms with Gasteiger partial charge in [-0.25, -0.2) is 4.98 Å². The van der Waals surface area contributed by atoms with Crippen molar-refractivity contribution in [2.24, 2.45) is 5.92 Å². The first kappa shape index (κ1) is 12.8. The zero-order chi connectivity index (χ0) is 13.9. The van der Waals surface area contributed by atoms with Crippen molar-refractivity contribution in [2.45, 2.75) is 19.8 Å². The van der Waals surface area contributed by atoms with Crippen LogP contribution in [0.5, 0.6) is 0 Å². The molecule has 1 fully saturated rings. The Bertz CT molecular complexity index is 558. The van der Waals surface area contributed by atoms with Crippen molar-refractivity contribution in [3.8, 4) is 5.95 Å². The molecule has 3 heterocycles. The number of aromatic nitrogens is 5. The number of nitrogens with zero attached hydrogens (tertiary/aromatic N) is 6. The third-order valence-corrected chi connectivity index (χ3v) is 3.64. The average molecular weight is 273 g/mol. The van der Waals surface area contributed by atoms with E-state index in [1.165, 1.54) is 12.8 Å². The second kappa shape index (κ2) is 5.44.